The molecule has 0 radical (unpaired) electrons. The second-order valence-corrected chi connectivity index (χ2v) is 5.86. The average molecular weight is 318 g/mol. The lowest BCUT2D eigenvalue weighted by molar-refractivity contribution is -0.147. The van der Waals surface area contributed by atoms with Crippen LogP contribution in [0.3, 0.4) is 0 Å². The van der Waals surface area contributed by atoms with E-state index in [9.17, 15) is 14.4 Å². The minimum absolute atomic E-state index is 0.0682. The van der Waals surface area contributed by atoms with Crippen LogP contribution in [-0.2, 0) is 14.3 Å². The molecule has 0 spiro atoms. The van der Waals surface area contributed by atoms with Crippen LogP contribution >= 0.6 is 0 Å². The standard InChI is InChI=1S/C17H22N2O4/c1-11-5-4-6-12(2)19(11)16(21)15(20)18-14-9-7-13(8-10-14)17(22)23-3/h7-12H,4-6H2,1-3H3,(H,18,20). The Kier molecular flexibility index (Phi) is 5.36. The first-order valence-corrected chi connectivity index (χ1v) is 7.76. The summed E-state index contributed by atoms with van der Waals surface area (Å²) in [5, 5.41) is 2.58. The molecule has 0 saturated carbocycles. The number of benzene rings is 1. The fourth-order valence-corrected chi connectivity index (χ4v) is 2.93. The van der Waals surface area contributed by atoms with Gasteiger partial charge >= 0.3 is 17.8 Å². The van der Waals surface area contributed by atoms with Gasteiger partial charge in [-0.25, -0.2) is 4.79 Å². The Balaban J connectivity index is 2.03. The lowest BCUT2D eigenvalue weighted by Gasteiger charge is -2.38. The third kappa shape index (κ3) is 3.88. The number of hydrogen-bond donors (Lipinski definition) is 1. The van der Waals surface area contributed by atoms with E-state index in [-0.39, 0.29) is 12.1 Å². The van der Waals surface area contributed by atoms with E-state index in [0.717, 1.165) is 19.3 Å². The molecule has 0 bridgehead atoms. The van der Waals surface area contributed by atoms with E-state index in [1.54, 1.807) is 17.0 Å². The highest BCUT2D eigenvalue weighted by molar-refractivity contribution is 6.39. The van der Waals surface area contributed by atoms with Gasteiger partial charge in [0.15, 0.2) is 0 Å². The molecule has 2 rings (SSSR count). The number of likely N-dealkylation sites (tertiary alicyclic amines) is 1. The van der Waals surface area contributed by atoms with Gasteiger partial charge < -0.3 is 15.0 Å². The summed E-state index contributed by atoms with van der Waals surface area (Å²) in [6.45, 7) is 3.93. The maximum absolute atomic E-state index is 12.4. The smallest absolute Gasteiger partial charge is 0.337 e. The Hall–Kier alpha value is -2.37. The molecule has 1 aromatic carbocycles. The molecule has 1 heterocycles. The van der Waals surface area contributed by atoms with Gasteiger partial charge in [0.2, 0.25) is 0 Å². The van der Waals surface area contributed by atoms with E-state index >= 15 is 0 Å². The largest absolute Gasteiger partial charge is 0.465 e. The number of rotatable bonds is 2. The number of carbonyl (C=O) groups excluding carboxylic acids is 3. The van der Waals surface area contributed by atoms with Crippen molar-refractivity contribution in [2.75, 3.05) is 12.4 Å². The highest BCUT2D eigenvalue weighted by Crippen LogP contribution is 2.23. The molecule has 6 nitrogen and oxygen atoms in total. The Morgan fingerprint density at radius 3 is 2.17 bits per heavy atom. The molecule has 2 unspecified atom stereocenters. The van der Waals surface area contributed by atoms with Gasteiger partial charge in [-0.3, -0.25) is 9.59 Å². The number of nitrogens with zero attached hydrogens (tertiary/aromatic N) is 1. The fraction of sp³-hybridized carbons (Fsp3) is 0.471. The lowest BCUT2D eigenvalue weighted by Crippen LogP contribution is -2.51. The van der Waals surface area contributed by atoms with E-state index in [1.165, 1.54) is 19.2 Å². The maximum Gasteiger partial charge on any atom is 0.337 e. The van der Waals surface area contributed by atoms with Crippen LogP contribution in [0.15, 0.2) is 24.3 Å². The van der Waals surface area contributed by atoms with Crippen LogP contribution in [0.1, 0.15) is 43.5 Å². The molecule has 1 aliphatic rings. The van der Waals surface area contributed by atoms with Gasteiger partial charge in [-0.2, -0.15) is 0 Å². The third-order valence-electron chi connectivity index (χ3n) is 4.19. The van der Waals surface area contributed by atoms with Crippen LogP contribution in [0.25, 0.3) is 0 Å². The van der Waals surface area contributed by atoms with Crippen molar-refractivity contribution in [1.29, 1.82) is 0 Å². The van der Waals surface area contributed by atoms with Crippen LogP contribution in [0.2, 0.25) is 0 Å². The SMILES string of the molecule is COC(=O)c1ccc(NC(=O)C(=O)N2C(C)CCCC2C)cc1. The summed E-state index contributed by atoms with van der Waals surface area (Å²) in [5.41, 5.74) is 0.850. The first-order chi connectivity index (χ1) is 10.9. The number of piperidine rings is 1. The van der Waals surface area contributed by atoms with Gasteiger partial charge in [0, 0.05) is 17.8 Å². The number of esters is 1. The zero-order valence-electron chi connectivity index (χ0n) is 13.7. The third-order valence-corrected chi connectivity index (χ3v) is 4.19. The van der Waals surface area contributed by atoms with E-state index in [1.807, 2.05) is 13.8 Å². The molecule has 2 atom stereocenters. The topological polar surface area (TPSA) is 75.7 Å². The lowest BCUT2D eigenvalue weighted by atomic mass is 9.97. The molecule has 23 heavy (non-hydrogen) atoms. The molecule has 2 amide bonds. The molecule has 0 aromatic heterocycles. The van der Waals surface area contributed by atoms with E-state index in [4.69, 9.17) is 0 Å². The normalized spacial score (nSPS) is 20.7. The van der Waals surface area contributed by atoms with Crippen LogP contribution in [0.5, 0.6) is 0 Å². The highest BCUT2D eigenvalue weighted by Gasteiger charge is 2.32. The van der Waals surface area contributed by atoms with Gasteiger partial charge in [0.25, 0.3) is 0 Å². The van der Waals surface area contributed by atoms with Crippen molar-refractivity contribution in [3.63, 3.8) is 0 Å². The second kappa shape index (κ2) is 7.26. The second-order valence-electron chi connectivity index (χ2n) is 5.86. The van der Waals surface area contributed by atoms with Crippen molar-refractivity contribution in [3.8, 4) is 0 Å². The van der Waals surface area contributed by atoms with E-state index < -0.39 is 17.8 Å². The summed E-state index contributed by atoms with van der Waals surface area (Å²) in [5.74, 6) is -1.62. The molecule has 1 fully saturated rings. The minimum atomic E-state index is -0.656. The first kappa shape index (κ1) is 17.0. The maximum atomic E-state index is 12.4. The first-order valence-electron chi connectivity index (χ1n) is 7.76. The van der Waals surface area contributed by atoms with Crippen LogP contribution < -0.4 is 5.32 Å². The molecule has 124 valence electrons. The summed E-state index contributed by atoms with van der Waals surface area (Å²) >= 11 is 0. The van der Waals surface area contributed by atoms with Crippen molar-refractivity contribution < 1.29 is 19.1 Å². The van der Waals surface area contributed by atoms with Crippen molar-refractivity contribution in [2.45, 2.75) is 45.2 Å². The molecule has 1 saturated heterocycles. The zero-order chi connectivity index (χ0) is 17.0. The minimum Gasteiger partial charge on any atom is -0.465 e. The average Bonchev–Trinajstić information content (AvgIpc) is 2.54. The van der Waals surface area contributed by atoms with Crippen molar-refractivity contribution in [1.82, 2.24) is 4.90 Å². The summed E-state index contributed by atoms with van der Waals surface area (Å²) in [6, 6.07) is 6.36. The monoisotopic (exact) mass is 318 g/mol. The Morgan fingerprint density at radius 2 is 1.65 bits per heavy atom. The number of anilines is 1. The number of nitrogens with one attached hydrogen (secondary N) is 1. The summed E-state index contributed by atoms with van der Waals surface area (Å²) in [4.78, 5) is 37.6. The number of carbonyl (C=O) groups is 3. The van der Waals surface area contributed by atoms with Crippen LogP contribution in [-0.4, -0.2) is 41.9 Å². The Morgan fingerprint density at radius 1 is 1.09 bits per heavy atom. The van der Waals surface area contributed by atoms with E-state index in [2.05, 4.69) is 10.1 Å². The van der Waals surface area contributed by atoms with Crippen molar-refractivity contribution in [3.05, 3.63) is 29.8 Å². The van der Waals surface area contributed by atoms with Gasteiger partial charge in [0.1, 0.15) is 0 Å². The van der Waals surface area contributed by atoms with E-state index in [0.29, 0.717) is 11.3 Å². The predicted octanol–water partition coefficient (Wildman–Crippen LogP) is 2.20. The molecule has 6 heteroatoms. The van der Waals surface area contributed by atoms with Gasteiger partial charge in [-0.15, -0.1) is 0 Å². The molecular weight excluding hydrogens is 296 g/mol. The van der Waals surface area contributed by atoms with Gasteiger partial charge in [-0.1, -0.05) is 0 Å². The molecule has 0 aliphatic carbocycles. The highest BCUT2D eigenvalue weighted by atomic mass is 16.5. The van der Waals surface area contributed by atoms with Crippen molar-refractivity contribution >= 4 is 23.5 Å². The van der Waals surface area contributed by atoms with Gasteiger partial charge in [0.05, 0.1) is 12.7 Å². The van der Waals surface area contributed by atoms with Crippen molar-refractivity contribution in [2.24, 2.45) is 0 Å². The number of ether oxygens (including phenoxy) is 1. The zero-order valence-corrected chi connectivity index (χ0v) is 13.7. The molecule has 1 aliphatic heterocycles. The molecule has 1 N–H and O–H groups in total. The van der Waals surface area contributed by atoms with Gasteiger partial charge in [-0.05, 0) is 57.4 Å². The fourth-order valence-electron chi connectivity index (χ4n) is 2.93. The van der Waals surface area contributed by atoms with Crippen LogP contribution in [0, 0.1) is 0 Å². The molecular formula is C17H22N2O4. The Bertz CT molecular complexity index is 587. The number of methoxy groups -OCH3 is 1. The van der Waals surface area contributed by atoms with Crippen LogP contribution in [0.4, 0.5) is 5.69 Å². The quantitative estimate of drug-likeness (QED) is 0.670. The number of hydrogen-bond acceptors (Lipinski definition) is 4. The summed E-state index contributed by atoms with van der Waals surface area (Å²) < 4.78 is 4.61. The Labute approximate surface area is 135 Å². The summed E-state index contributed by atoms with van der Waals surface area (Å²) in [7, 11) is 1.30. The molecule has 1 aromatic rings. The predicted molar refractivity (Wildman–Crippen MR) is 86.0 cm³/mol. The summed E-state index contributed by atoms with van der Waals surface area (Å²) in [6.07, 6.45) is 2.90. The number of amides is 2.